The zero-order valence-corrected chi connectivity index (χ0v) is 18.6. The molecule has 0 saturated carbocycles. The van der Waals surface area contributed by atoms with Crippen LogP contribution in [0.2, 0.25) is 0 Å². The van der Waals surface area contributed by atoms with Crippen LogP contribution in [0.25, 0.3) is 0 Å². The summed E-state index contributed by atoms with van der Waals surface area (Å²) in [4.78, 5) is 33.1. The quantitative estimate of drug-likeness (QED) is 0.745. The number of aryl methyl sites for hydroxylation is 2. The molecule has 2 aromatic rings. The summed E-state index contributed by atoms with van der Waals surface area (Å²) in [7, 11) is 0. The number of hydrogen-bond acceptors (Lipinski definition) is 6. The van der Waals surface area contributed by atoms with Crippen molar-refractivity contribution in [2.75, 3.05) is 43.4 Å². The van der Waals surface area contributed by atoms with Gasteiger partial charge in [0.2, 0.25) is 11.8 Å². The van der Waals surface area contributed by atoms with Gasteiger partial charge in [0, 0.05) is 48.9 Å². The van der Waals surface area contributed by atoms with Crippen LogP contribution in [0.3, 0.4) is 0 Å². The second-order valence-corrected chi connectivity index (χ2v) is 9.02. The van der Waals surface area contributed by atoms with Gasteiger partial charge in [0.15, 0.2) is 0 Å². The molecule has 0 aliphatic carbocycles. The second kappa shape index (κ2) is 8.81. The Morgan fingerprint density at radius 1 is 1.13 bits per heavy atom. The largest absolute Gasteiger partial charge is 0.361 e. The number of thioether (sulfide) groups is 1. The molecule has 1 atom stereocenters. The number of nitrogens with zero attached hydrogens (tertiary/aromatic N) is 4. The Hall–Kier alpha value is -2.32. The molecule has 30 heavy (non-hydrogen) atoms. The lowest BCUT2D eigenvalue weighted by atomic mass is 10.1. The van der Waals surface area contributed by atoms with Gasteiger partial charge in [0.1, 0.15) is 5.76 Å². The molecule has 2 aliphatic rings. The Balaban J connectivity index is 1.35. The van der Waals surface area contributed by atoms with Gasteiger partial charge in [0.25, 0.3) is 0 Å². The Bertz CT molecular complexity index is 917. The van der Waals surface area contributed by atoms with Gasteiger partial charge in [0.05, 0.1) is 23.8 Å². The lowest BCUT2D eigenvalue weighted by molar-refractivity contribution is -0.133. The lowest BCUT2D eigenvalue weighted by Gasteiger charge is -2.40. The fraction of sp³-hybridized carbons (Fsp3) is 0.500. The third kappa shape index (κ3) is 4.11. The van der Waals surface area contributed by atoms with E-state index in [0.29, 0.717) is 38.4 Å². The van der Waals surface area contributed by atoms with E-state index < -0.39 is 0 Å². The fourth-order valence-corrected chi connectivity index (χ4v) is 5.15. The number of carbonyl (C=O) groups is 2. The summed E-state index contributed by atoms with van der Waals surface area (Å²) in [6, 6.07) is 7.90. The average molecular weight is 429 g/mol. The molecule has 1 fully saturated rings. The molecule has 2 aliphatic heterocycles. The zero-order valence-electron chi connectivity index (χ0n) is 17.8. The Labute approximate surface area is 181 Å². The number of amides is 2. The molecule has 3 heterocycles. The van der Waals surface area contributed by atoms with E-state index in [1.165, 1.54) is 4.90 Å². The maximum absolute atomic E-state index is 13.2. The molecule has 0 N–H and O–H groups in total. The Morgan fingerprint density at radius 3 is 2.57 bits per heavy atom. The van der Waals surface area contributed by atoms with Gasteiger partial charge < -0.3 is 14.3 Å². The van der Waals surface area contributed by atoms with E-state index in [0.717, 1.165) is 29.2 Å². The molecule has 1 unspecified atom stereocenters. The first-order chi connectivity index (χ1) is 14.5. The van der Waals surface area contributed by atoms with Crippen LogP contribution in [0.15, 0.2) is 33.7 Å². The van der Waals surface area contributed by atoms with Crippen molar-refractivity contribution < 1.29 is 14.1 Å². The number of para-hydroxylation sites is 1. The molecule has 2 amide bonds. The fourth-order valence-electron chi connectivity index (χ4n) is 4.16. The van der Waals surface area contributed by atoms with Crippen molar-refractivity contribution in [2.24, 2.45) is 0 Å². The van der Waals surface area contributed by atoms with E-state index >= 15 is 0 Å². The van der Waals surface area contributed by atoms with Crippen molar-refractivity contribution in [1.82, 2.24) is 15.0 Å². The van der Waals surface area contributed by atoms with Crippen molar-refractivity contribution >= 4 is 29.3 Å². The number of carbonyl (C=O) groups excluding carboxylic acids is 2. The van der Waals surface area contributed by atoms with Crippen LogP contribution in [0.4, 0.5) is 5.69 Å². The Kier molecular flexibility index (Phi) is 6.15. The molecular weight excluding hydrogens is 400 g/mol. The minimum absolute atomic E-state index is 0.0880. The summed E-state index contributed by atoms with van der Waals surface area (Å²) in [5.41, 5.74) is 2.67. The molecule has 0 spiro atoms. The summed E-state index contributed by atoms with van der Waals surface area (Å²) in [5.74, 6) is 1.85. The number of piperazine rings is 1. The highest BCUT2D eigenvalue weighted by Crippen LogP contribution is 2.34. The monoisotopic (exact) mass is 428 g/mol. The van der Waals surface area contributed by atoms with Gasteiger partial charge in [-0.2, -0.15) is 0 Å². The van der Waals surface area contributed by atoms with Gasteiger partial charge in [-0.15, -0.1) is 11.8 Å². The molecular formula is C22H28N4O3S. The third-order valence-electron chi connectivity index (χ3n) is 6.08. The average Bonchev–Trinajstić information content (AvgIpc) is 3.09. The van der Waals surface area contributed by atoms with Crippen molar-refractivity contribution in [2.45, 2.75) is 38.1 Å². The molecule has 1 aromatic heterocycles. The predicted molar refractivity (Wildman–Crippen MR) is 117 cm³/mol. The smallest absolute Gasteiger partial charge is 0.244 e. The summed E-state index contributed by atoms with van der Waals surface area (Å²) in [6.45, 7) is 9.08. The number of aromatic nitrogens is 1. The van der Waals surface area contributed by atoms with E-state index in [1.807, 2.05) is 48.8 Å². The topological polar surface area (TPSA) is 69.9 Å². The third-order valence-corrected chi connectivity index (χ3v) is 7.12. The lowest BCUT2D eigenvalue weighted by Crippen LogP contribution is -2.56. The highest BCUT2D eigenvalue weighted by Gasteiger charge is 2.32. The predicted octanol–water partition coefficient (Wildman–Crippen LogP) is 2.51. The number of benzene rings is 1. The van der Waals surface area contributed by atoms with Crippen LogP contribution in [-0.4, -0.2) is 71.3 Å². The number of hydrogen-bond donors (Lipinski definition) is 0. The van der Waals surface area contributed by atoms with Crippen LogP contribution in [-0.2, 0) is 16.0 Å². The second-order valence-electron chi connectivity index (χ2n) is 7.88. The van der Waals surface area contributed by atoms with E-state index in [2.05, 4.69) is 16.1 Å². The van der Waals surface area contributed by atoms with Crippen LogP contribution in [0, 0.1) is 13.8 Å². The van der Waals surface area contributed by atoms with Crippen LogP contribution >= 0.6 is 11.8 Å². The van der Waals surface area contributed by atoms with Gasteiger partial charge >= 0.3 is 0 Å². The number of anilines is 1. The summed E-state index contributed by atoms with van der Waals surface area (Å²) < 4.78 is 5.17. The molecule has 0 bridgehead atoms. The molecule has 1 saturated heterocycles. The highest BCUT2D eigenvalue weighted by molar-refractivity contribution is 7.99. The van der Waals surface area contributed by atoms with Gasteiger partial charge in [-0.1, -0.05) is 17.3 Å². The number of fused-ring (bicyclic) bond motifs is 1. The molecule has 1 aromatic carbocycles. The molecule has 4 rings (SSSR count). The van der Waals surface area contributed by atoms with E-state index in [4.69, 9.17) is 4.52 Å². The first kappa shape index (κ1) is 20.9. The van der Waals surface area contributed by atoms with Gasteiger partial charge in [-0.3, -0.25) is 14.5 Å². The van der Waals surface area contributed by atoms with E-state index in [9.17, 15) is 9.59 Å². The minimum Gasteiger partial charge on any atom is -0.361 e. The number of rotatable bonds is 4. The highest BCUT2D eigenvalue weighted by atomic mass is 32.2. The van der Waals surface area contributed by atoms with Crippen LogP contribution in [0.5, 0.6) is 0 Å². The van der Waals surface area contributed by atoms with Crippen molar-refractivity contribution in [3.63, 3.8) is 0 Å². The maximum Gasteiger partial charge on any atom is 0.244 e. The molecule has 160 valence electrons. The van der Waals surface area contributed by atoms with E-state index in [1.54, 1.807) is 11.8 Å². The normalized spacial score (nSPS) is 18.2. The zero-order chi connectivity index (χ0) is 21.3. The summed E-state index contributed by atoms with van der Waals surface area (Å²) in [6.07, 6.45) is 0.317. The summed E-state index contributed by atoms with van der Waals surface area (Å²) in [5, 5.41) is 3.93. The van der Waals surface area contributed by atoms with Gasteiger partial charge in [-0.05, 0) is 32.9 Å². The van der Waals surface area contributed by atoms with E-state index in [-0.39, 0.29) is 17.9 Å². The first-order valence-electron chi connectivity index (χ1n) is 10.4. The minimum atomic E-state index is -0.207. The van der Waals surface area contributed by atoms with Crippen molar-refractivity contribution in [3.05, 3.63) is 41.3 Å². The Morgan fingerprint density at radius 2 is 1.87 bits per heavy atom. The molecule has 8 heteroatoms. The molecule has 0 radical (unpaired) electrons. The first-order valence-corrected chi connectivity index (χ1v) is 11.4. The van der Waals surface area contributed by atoms with Gasteiger partial charge in [-0.25, -0.2) is 0 Å². The van der Waals surface area contributed by atoms with Crippen LogP contribution < -0.4 is 4.90 Å². The maximum atomic E-state index is 13.2. The standard InChI is InChI=1S/C22H28N4O3S/c1-15-18(17(3)29-23-15)14-21(27)25-10-8-24(9-11-25)16(2)22(28)26-12-13-30-20-7-5-4-6-19(20)26/h4-7,16H,8-14H2,1-3H3. The summed E-state index contributed by atoms with van der Waals surface area (Å²) >= 11 is 1.80. The SMILES string of the molecule is Cc1noc(C)c1CC(=O)N1CCN(C(C)C(=O)N2CCSc3ccccc32)CC1. The van der Waals surface area contributed by atoms with Crippen molar-refractivity contribution in [1.29, 1.82) is 0 Å². The van der Waals surface area contributed by atoms with Crippen LogP contribution in [0.1, 0.15) is 23.9 Å². The van der Waals surface area contributed by atoms with Crippen molar-refractivity contribution in [3.8, 4) is 0 Å². The molecule has 7 nitrogen and oxygen atoms in total.